The van der Waals surface area contributed by atoms with Gasteiger partial charge in [0.05, 0.1) is 23.3 Å². The third kappa shape index (κ3) is 7.81. The van der Waals surface area contributed by atoms with Crippen molar-refractivity contribution in [3.05, 3.63) is 33.8 Å². The highest BCUT2D eigenvalue weighted by atomic mass is 35.5. The number of aliphatic hydroxyl groups excluding tert-OH is 1. The molecule has 0 radical (unpaired) electrons. The van der Waals surface area contributed by atoms with Crippen LogP contribution in [0.5, 0.6) is 0 Å². The maximum absolute atomic E-state index is 11.4. The molecule has 0 aromatic heterocycles. The second-order valence-corrected chi connectivity index (χ2v) is 6.23. The van der Waals surface area contributed by atoms with Crippen molar-refractivity contribution in [3.63, 3.8) is 0 Å². The minimum absolute atomic E-state index is 0.187. The van der Waals surface area contributed by atoms with Crippen LogP contribution < -0.4 is 5.32 Å². The molecule has 7 heteroatoms. The molecule has 0 saturated heterocycles. The third-order valence-electron chi connectivity index (χ3n) is 2.61. The number of halogens is 2. The van der Waals surface area contributed by atoms with Gasteiger partial charge in [-0.3, -0.25) is 0 Å². The Kier molecular flexibility index (Phi) is 9.67. The van der Waals surface area contributed by atoms with Crippen LogP contribution in [0.2, 0.25) is 10.0 Å². The van der Waals surface area contributed by atoms with Gasteiger partial charge in [-0.1, -0.05) is 35.3 Å². The number of hydrogen-bond acceptors (Lipinski definition) is 4. The van der Waals surface area contributed by atoms with Gasteiger partial charge in [0.25, 0.3) is 0 Å². The SMILES string of the molecule is O=C(NCCCSCCO)OCCc1cccc(Cl)c1Cl. The lowest BCUT2D eigenvalue weighted by atomic mass is 10.2. The van der Waals surface area contributed by atoms with Crippen molar-refractivity contribution in [2.75, 3.05) is 31.3 Å². The van der Waals surface area contributed by atoms with Crippen molar-refractivity contribution in [1.29, 1.82) is 0 Å². The molecule has 4 nitrogen and oxygen atoms in total. The first-order valence-electron chi connectivity index (χ1n) is 6.67. The first-order valence-corrected chi connectivity index (χ1v) is 8.58. The molecule has 0 aliphatic heterocycles. The largest absolute Gasteiger partial charge is 0.449 e. The molecule has 2 N–H and O–H groups in total. The number of carbonyl (C=O) groups is 1. The lowest BCUT2D eigenvalue weighted by molar-refractivity contribution is 0.147. The summed E-state index contributed by atoms with van der Waals surface area (Å²) < 4.78 is 5.07. The molecule has 1 rings (SSSR count). The molecule has 1 amide bonds. The van der Waals surface area contributed by atoms with Crippen LogP contribution in [-0.2, 0) is 11.2 Å². The van der Waals surface area contributed by atoms with E-state index in [1.165, 1.54) is 0 Å². The van der Waals surface area contributed by atoms with Gasteiger partial charge in [-0.15, -0.1) is 0 Å². The molecule has 21 heavy (non-hydrogen) atoms. The van der Waals surface area contributed by atoms with Gasteiger partial charge in [-0.2, -0.15) is 11.8 Å². The Bertz CT molecular complexity index is 446. The molecule has 0 heterocycles. The summed E-state index contributed by atoms with van der Waals surface area (Å²) in [5.41, 5.74) is 0.859. The van der Waals surface area contributed by atoms with Crippen molar-refractivity contribution < 1.29 is 14.6 Å². The van der Waals surface area contributed by atoms with E-state index in [1.807, 2.05) is 12.1 Å². The van der Waals surface area contributed by atoms with E-state index in [1.54, 1.807) is 17.8 Å². The van der Waals surface area contributed by atoms with E-state index in [0.717, 1.165) is 23.5 Å². The summed E-state index contributed by atoms with van der Waals surface area (Å²) in [6.07, 6.45) is 0.944. The van der Waals surface area contributed by atoms with Crippen LogP contribution in [-0.4, -0.2) is 42.5 Å². The van der Waals surface area contributed by atoms with E-state index < -0.39 is 6.09 Å². The minimum atomic E-state index is -0.430. The number of hydrogen-bond donors (Lipinski definition) is 2. The molecule has 0 fully saturated rings. The lowest BCUT2D eigenvalue weighted by Gasteiger charge is -2.08. The highest BCUT2D eigenvalue weighted by molar-refractivity contribution is 7.99. The van der Waals surface area contributed by atoms with E-state index in [9.17, 15) is 4.79 Å². The van der Waals surface area contributed by atoms with Crippen molar-refractivity contribution in [2.24, 2.45) is 0 Å². The third-order valence-corrected chi connectivity index (χ3v) is 4.51. The van der Waals surface area contributed by atoms with Gasteiger partial charge in [0.2, 0.25) is 0 Å². The number of amides is 1. The second-order valence-electron chi connectivity index (χ2n) is 4.22. The Morgan fingerprint density at radius 1 is 1.33 bits per heavy atom. The normalized spacial score (nSPS) is 10.4. The fourth-order valence-electron chi connectivity index (χ4n) is 1.58. The molecule has 0 aliphatic rings. The summed E-state index contributed by atoms with van der Waals surface area (Å²) in [6.45, 7) is 1.01. The number of benzene rings is 1. The number of carbonyl (C=O) groups excluding carboxylic acids is 1. The van der Waals surface area contributed by atoms with Crippen molar-refractivity contribution >= 4 is 41.1 Å². The first-order chi connectivity index (χ1) is 10.1. The van der Waals surface area contributed by atoms with Gasteiger partial charge >= 0.3 is 6.09 Å². The van der Waals surface area contributed by atoms with Crippen molar-refractivity contribution in [2.45, 2.75) is 12.8 Å². The molecular formula is C14H19Cl2NO3S. The number of thioether (sulfide) groups is 1. The van der Waals surface area contributed by atoms with Gasteiger partial charge in [0.15, 0.2) is 0 Å². The fourth-order valence-corrected chi connectivity index (χ4v) is 2.67. The van der Waals surface area contributed by atoms with Crippen molar-refractivity contribution in [1.82, 2.24) is 5.32 Å². The topological polar surface area (TPSA) is 58.6 Å². The number of ether oxygens (including phenoxy) is 1. The average Bonchev–Trinajstić information content (AvgIpc) is 2.47. The molecule has 0 unspecified atom stereocenters. The van der Waals surface area contributed by atoms with Crippen LogP contribution in [0.3, 0.4) is 0 Å². The summed E-state index contributed by atoms with van der Waals surface area (Å²) >= 11 is 13.6. The zero-order chi connectivity index (χ0) is 15.5. The Morgan fingerprint density at radius 2 is 2.14 bits per heavy atom. The molecule has 0 bridgehead atoms. The maximum atomic E-state index is 11.4. The summed E-state index contributed by atoms with van der Waals surface area (Å²) in [5, 5.41) is 12.3. The van der Waals surface area contributed by atoms with E-state index in [-0.39, 0.29) is 13.2 Å². The Morgan fingerprint density at radius 3 is 2.90 bits per heavy atom. The van der Waals surface area contributed by atoms with Crippen LogP contribution in [0.4, 0.5) is 4.79 Å². The Hall–Kier alpha value is -0.620. The van der Waals surface area contributed by atoms with Gasteiger partial charge in [-0.25, -0.2) is 4.79 Å². The number of aliphatic hydroxyl groups is 1. The molecule has 0 spiro atoms. The van der Waals surface area contributed by atoms with Gasteiger partial charge in [0.1, 0.15) is 0 Å². The molecule has 0 aliphatic carbocycles. The average molecular weight is 352 g/mol. The van der Waals surface area contributed by atoms with Crippen molar-refractivity contribution in [3.8, 4) is 0 Å². The lowest BCUT2D eigenvalue weighted by Crippen LogP contribution is -2.26. The molecule has 1 aromatic rings. The smallest absolute Gasteiger partial charge is 0.407 e. The fraction of sp³-hybridized carbons (Fsp3) is 0.500. The highest BCUT2D eigenvalue weighted by Gasteiger charge is 2.06. The predicted molar refractivity (Wildman–Crippen MR) is 88.5 cm³/mol. The van der Waals surface area contributed by atoms with Crippen LogP contribution >= 0.6 is 35.0 Å². The van der Waals surface area contributed by atoms with E-state index in [4.69, 9.17) is 33.0 Å². The first kappa shape index (κ1) is 18.4. The maximum Gasteiger partial charge on any atom is 0.407 e. The molecular weight excluding hydrogens is 333 g/mol. The number of nitrogens with one attached hydrogen (secondary N) is 1. The summed E-state index contributed by atoms with van der Waals surface area (Å²) in [7, 11) is 0. The quantitative estimate of drug-likeness (QED) is 0.669. The van der Waals surface area contributed by atoms with Gasteiger partial charge in [-0.05, 0) is 23.8 Å². The Balaban J connectivity index is 2.12. The van der Waals surface area contributed by atoms with Gasteiger partial charge < -0.3 is 15.2 Å². The molecule has 1 aromatic carbocycles. The number of alkyl carbamates (subject to hydrolysis) is 1. The zero-order valence-electron chi connectivity index (χ0n) is 11.6. The van der Waals surface area contributed by atoms with Crippen LogP contribution in [0.1, 0.15) is 12.0 Å². The predicted octanol–water partition coefficient (Wildman–Crippen LogP) is 3.38. The van der Waals surface area contributed by atoms with Crippen LogP contribution in [0.25, 0.3) is 0 Å². The zero-order valence-corrected chi connectivity index (χ0v) is 13.9. The van der Waals surface area contributed by atoms with E-state index in [0.29, 0.717) is 23.0 Å². The number of rotatable bonds is 9. The van der Waals surface area contributed by atoms with E-state index >= 15 is 0 Å². The summed E-state index contributed by atoms with van der Waals surface area (Å²) in [6, 6.07) is 5.39. The monoisotopic (exact) mass is 351 g/mol. The summed E-state index contributed by atoms with van der Waals surface area (Å²) in [5.74, 6) is 1.63. The van der Waals surface area contributed by atoms with Gasteiger partial charge in [0, 0.05) is 18.7 Å². The highest BCUT2D eigenvalue weighted by Crippen LogP contribution is 2.25. The molecule has 0 atom stereocenters. The second kappa shape index (κ2) is 11.0. The standard InChI is InChI=1S/C14H19Cl2NO3S/c15-12-4-1-3-11(13(12)16)5-8-20-14(19)17-6-2-9-21-10-7-18/h1,3-4,18H,2,5-10H2,(H,17,19). The van der Waals surface area contributed by atoms with Crippen LogP contribution in [0.15, 0.2) is 18.2 Å². The Labute approximate surface area is 139 Å². The molecule has 118 valence electrons. The summed E-state index contributed by atoms with van der Waals surface area (Å²) in [4.78, 5) is 11.4. The molecule has 0 saturated carbocycles. The van der Waals surface area contributed by atoms with E-state index in [2.05, 4.69) is 5.32 Å². The van der Waals surface area contributed by atoms with Crippen LogP contribution in [0, 0.1) is 0 Å². The minimum Gasteiger partial charge on any atom is -0.449 e.